The van der Waals surface area contributed by atoms with Crippen molar-refractivity contribution in [1.82, 2.24) is 24.5 Å². The molecule has 0 unspecified atom stereocenters. The van der Waals surface area contributed by atoms with Gasteiger partial charge in [-0.15, -0.1) is 0 Å². The minimum Gasteiger partial charge on any atom is -0.271 e. The molecule has 0 aliphatic carbocycles. The molecule has 0 radical (unpaired) electrons. The standard InChI is InChI=1S/C17H14N6O2S/c1-11-2-4-13(5-3-11)22-16(19-20-17(22)26)10-21-15-7-6-14(23(24)25)8-12(15)9-18-21/h2-9H,10H2,1H3,(H,20,26). The number of hydrogen-bond acceptors (Lipinski definition) is 5. The smallest absolute Gasteiger partial charge is 0.270 e. The van der Waals surface area contributed by atoms with Crippen LogP contribution in [-0.2, 0) is 6.54 Å². The van der Waals surface area contributed by atoms with Crippen molar-refractivity contribution in [1.29, 1.82) is 0 Å². The maximum Gasteiger partial charge on any atom is 0.270 e. The first-order valence-electron chi connectivity index (χ1n) is 7.86. The van der Waals surface area contributed by atoms with E-state index in [0.29, 0.717) is 22.5 Å². The Kier molecular flexibility index (Phi) is 3.85. The lowest BCUT2D eigenvalue weighted by molar-refractivity contribution is -0.384. The van der Waals surface area contributed by atoms with Gasteiger partial charge in [0.1, 0.15) is 6.54 Å². The Morgan fingerprint density at radius 3 is 2.73 bits per heavy atom. The first kappa shape index (κ1) is 16.2. The summed E-state index contributed by atoms with van der Waals surface area (Å²) in [5, 5.41) is 23.1. The monoisotopic (exact) mass is 366 g/mol. The quantitative estimate of drug-likeness (QED) is 0.339. The summed E-state index contributed by atoms with van der Waals surface area (Å²) >= 11 is 5.37. The lowest BCUT2D eigenvalue weighted by Gasteiger charge is -2.08. The molecule has 9 heteroatoms. The van der Waals surface area contributed by atoms with Crippen LogP contribution in [0.4, 0.5) is 5.69 Å². The topological polar surface area (TPSA) is 94.6 Å². The van der Waals surface area contributed by atoms with E-state index in [-0.39, 0.29) is 5.69 Å². The number of aromatic nitrogens is 5. The summed E-state index contributed by atoms with van der Waals surface area (Å²) in [4.78, 5) is 10.5. The maximum absolute atomic E-state index is 10.9. The number of rotatable bonds is 4. The van der Waals surface area contributed by atoms with E-state index in [1.165, 1.54) is 12.1 Å². The van der Waals surface area contributed by atoms with E-state index in [2.05, 4.69) is 15.3 Å². The first-order valence-corrected chi connectivity index (χ1v) is 8.27. The summed E-state index contributed by atoms with van der Waals surface area (Å²) < 4.78 is 4.10. The van der Waals surface area contributed by atoms with Crippen molar-refractivity contribution in [2.75, 3.05) is 0 Å². The Labute approximate surface area is 152 Å². The molecule has 4 aromatic rings. The lowest BCUT2D eigenvalue weighted by atomic mass is 10.2. The molecule has 2 aromatic heterocycles. The number of non-ortho nitro benzene ring substituents is 1. The van der Waals surface area contributed by atoms with Crippen LogP contribution in [0.3, 0.4) is 0 Å². The highest BCUT2D eigenvalue weighted by Crippen LogP contribution is 2.21. The molecule has 0 amide bonds. The van der Waals surface area contributed by atoms with Gasteiger partial charge in [0.25, 0.3) is 5.69 Å². The zero-order valence-electron chi connectivity index (χ0n) is 13.8. The summed E-state index contributed by atoms with van der Waals surface area (Å²) in [6.45, 7) is 2.40. The molecule has 0 fully saturated rings. The number of nitro benzene ring substituents is 1. The summed E-state index contributed by atoms with van der Waals surface area (Å²) in [5.74, 6) is 0.696. The van der Waals surface area contributed by atoms with Crippen molar-refractivity contribution >= 4 is 28.8 Å². The van der Waals surface area contributed by atoms with E-state index in [1.54, 1.807) is 16.9 Å². The molecule has 0 aliphatic rings. The fourth-order valence-corrected chi connectivity index (χ4v) is 3.10. The van der Waals surface area contributed by atoms with E-state index >= 15 is 0 Å². The van der Waals surface area contributed by atoms with Gasteiger partial charge in [-0.1, -0.05) is 17.7 Å². The number of nitro groups is 1. The number of fused-ring (bicyclic) bond motifs is 1. The molecule has 0 atom stereocenters. The molecule has 130 valence electrons. The zero-order chi connectivity index (χ0) is 18.3. The Morgan fingerprint density at radius 2 is 2.00 bits per heavy atom. The number of benzene rings is 2. The SMILES string of the molecule is Cc1ccc(-n2c(Cn3ncc4cc([N+](=O)[O-])ccc43)n[nH]c2=S)cc1. The Balaban J connectivity index is 1.75. The fourth-order valence-electron chi connectivity index (χ4n) is 2.84. The van der Waals surface area contributed by atoms with Gasteiger partial charge in [-0.25, -0.2) is 0 Å². The number of nitrogens with zero attached hydrogens (tertiary/aromatic N) is 5. The van der Waals surface area contributed by atoms with E-state index in [4.69, 9.17) is 12.2 Å². The third-order valence-corrected chi connectivity index (χ3v) is 4.44. The van der Waals surface area contributed by atoms with Gasteiger partial charge in [0.15, 0.2) is 10.6 Å². The van der Waals surface area contributed by atoms with Crippen molar-refractivity contribution < 1.29 is 4.92 Å². The predicted molar refractivity (Wildman–Crippen MR) is 99.0 cm³/mol. The molecule has 1 N–H and O–H groups in total. The van der Waals surface area contributed by atoms with Gasteiger partial charge >= 0.3 is 0 Å². The van der Waals surface area contributed by atoms with Crippen molar-refractivity contribution in [2.24, 2.45) is 0 Å². The molecule has 0 saturated heterocycles. The van der Waals surface area contributed by atoms with Crippen LogP contribution in [0, 0.1) is 21.8 Å². The molecule has 8 nitrogen and oxygen atoms in total. The van der Waals surface area contributed by atoms with Gasteiger partial charge in [-0.3, -0.25) is 24.5 Å². The van der Waals surface area contributed by atoms with Gasteiger partial charge in [-0.2, -0.15) is 10.2 Å². The molecule has 2 aromatic carbocycles. The van der Waals surface area contributed by atoms with E-state index < -0.39 is 4.92 Å². The molecule has 4 rings (SSSR count). The molecule has 0 aliphatic heterocycles. The zero-order valence-corrected chi connectivity index (χ0v) is 14.6. The van der Waals surface area contributed by atoms with Crippen LogP contribution in [0.5, 0.6) is 0 Å². The van der Waals surface area contributed by atoms with Crippen LogP contribution in [0.25, 0.3) is 16.6 Å². The van der Waals surface area contributed by atoms with Crippen molar-refractivity contribution in [3.63, 3.8) is 0 Å². The molecule has 26 heavy (non-hydrogen) atoms. The van der Waals surface area contributed by atoms with Crippen LogP contribution >= 0.6 is 12.2 Å². The fraction of sp³-hybridized carbons (Fsp3) is 0.118. The number of nitrogens with one attached hydrogen (secondary N) is 1. The maximum atomic E-state index is 10.9. The first-order chi connectivity index (χ1) is 12.5. The predicted octanol–water partition coefficient (Wildman–Crippen LogP) is 3.54. The van der Waals surface area contributed by atoms with E-state index in [1.807, 2.05) is 35.8 Å². The van der Waals surface area contributed by atoms with Crippen molar-refractivity contribution in [3.8, 4) is 5.69 Å². The van der Waals surface area contributed by atoms with Crippen LogP contribution in [0.1, 0.15) is 11.4 Å². The largest absolute Gasteiger partial charge is 0.271 e. The molecular weight excluding hydrogens is 352 g/mol. The third kappa shape index (κ3) is 2.78. The second-order valence-corrected chi connectivity index (χ2v) is 6.31. The Bertz CT molecular complexity index is 1170. The Hall–Kier alpha value is -3.33. The van der Waals surface area contributed by atoms with Crippen LogP contribution in [0.15, 0.2) is 48.7 Å². The lowest BCUT2D eigenvalue weighted by Crippen LogP contribution is -2.08. The highest BCUT2D eigenvalue weighted by molar-refractivity contribution is 7.71. The van der Waals surface area contributed by atoms with Gasteiger partial charge in [0, 0.05) is 23.2 Å². The van der Waals surface area contributed by atoms with E-state index in [9.17, 15) is 10.1 Å². The van der Waals surface area contributed by atoms with Gasteiger partial charge in [0.05, 0.1) is 16.6 Å². The number of aromatic amines is 1. The summed E-state index contributed by atoms with van der Waals surface area (Å²) in [7, 11) is 0. The van der Waals surface area contributed by atoms with Crippen LogP contribution < -0.4 is 0 Å². The van der Waals surface area contributed by atoms with Crippen molar-refractivity contribution in [2.45, 2.75) is 13.5 Å². The highest BCUT2D eigenvalue weighted by Gasteiger charge is 2.13. The van der Waals surface area contributed by atoms with Crippen molar-refractivity contribution in [3.05, 3.63) is 74.9 Å². The average molecular weight is 366 g/mol. The second kappa shape index (κ2) is 6.19. The molecule has 2 heterocycles. The number of H-pyrrole nitrogens is 1. The summed E-state index contributed by atoms with van der Waals surface area (Å²) in [5.41, 5.74) is 2.90. The minimum atomic E-state index is -0.417. The van der Waals surface area contributed by atoms with Crippen LogP contribution in [0.2, 0.25) is 0 Å². The molecule has 0 saturated carbocycles. The Morgan fingerprint density at radius 1 is 1.23 bits per heavy atom. The molecular formula is C17H14N6O2S. The summed E-state index contributed by atoms with van der Waals surface area (Å²) in [6.07, 6.45) is 1.61. The minimum absolute atomic E-state index is 0.0411. The summed E-state index contributed by atoms with van der Waals surface area (Å²) in [6, 6.07) is 12.7. The average Bonchev–Trinajstić information content (AvgIpc) is 3.19. The third-order valence-electron chi connectivity index (χ3n) is 4.16. The van der Waals surface area contributed by atoms with Gasteiger partial charge in [-0.05, 0) is 37.3 Å². The highest BCUT2D eigenvalue weighted by atomic mass is 32.1. The van der Waals surface area contributed by atoms with Gasteiger partial charge in [0.2, 0.25) is 0 Å². The van der Waals surface area contributed by atoms with Crippen LogP contribution in [-0.4, -0.2) is 29.5 Å². The second-order valence-electron chi connectivity index (χ2n) is 5.92. The molecule has 0 spiro atoms. The van der Waals surface area contributed by atoms with Gasteiger partial charge < -0.3 is 0 Å². The normalized spacial score (nSPS) is 11.1. The molecule has 0 bridgehead atoms. The van der Waals surface area contributed by atoms with E-state index in [0.717, 1.165) is 16.8 Å². The number of hydrogen-bond donors (Lipinski definition) is 1. The number of aryl methyl sites for hydroxylation is 1.